The lowest BCUT2D eigenvalue weighted by atomic mass is 9.76. The third-order valence-electron chi connectivity index (χ3n) is 22.1. The second-order valence-corrected chi connectivity index (χ2v) is 45.4. The Balaban J connectivity index is 0.000000199. The average molecular weight is 1570 g/mol. The predicted octanol–water partition coefficient (Wildman–Crippen LogP) is 18.9. The Morgan fingerprint density at radius 1 is 0.487 bits per heavy atom. The van der Waals surface area contributed by atoms with Crippen LogP contribution in [0, 0.1) is 11.6 Å². The van der Waals surface area contributed by atoms with E-state index in [1.165, 1.54) is 30.5 Å². The third-order valence-corrected chi connectivity index (χ3v) is 32.1. The lowest BCUT2D eigenvalue weighted by Gasteiger charge is -2.39. The van der Waals surface area contributed by atoms with E-state index in [1.807, 2.05) is 154 Å². The number of hydrogen-bond acceptors (Lipinski definition) is 12. The summed E-state index contributed by atoms with van der Waals surface area (Å²) >= 11 is 0. The molecule has 6 aromatic heterocycles. The summed E-state index contributed by atoms with van der Waals surface area (Å²) in [7, 11) is -7.47. The van der Waals surface area contributed by atoms with Gasteiger partial charge in [0.25, 0.3) is 11.8 Å². The minimum atomic E-state index is -3.22. The number of aromatic nitrogens is 10. The van der Waals surface area contributed by atoms with E-state index in [1.54, 1.807) is 29.2 Å². The molecule has 0 bridgehead atoms. The molecule has 3 N–H and O–H groups in total. The molecule has 582 valence electrons. The first kappa shape index (κ1) is 80.1. The monoisotopic (exact) mass is 1570 g/mol. The highest BCUT2D eigenvalue weighted by Gasteiger charge is 2.45. The molecule has 0 saturated carbocycles. The van der Waals surface area contributed by atoms with Gasteiger partial charge in [-0.05, 0) is 140 Å². The van der Waals surface area contributed by atoms with Crippen LogP contribution in [0.5, 0.6) is 0 Å². The van der Waals surface area contributed by atoms with Crippen molar-refractivity contribution in [1.82, 2.24) is 59.7 Å². The molecule has 6 heterocycles. The number of nitrogens with one attached hydrogen (secondary N) is 3. The quantitative estimate of drug-likeness (QED) is 0.0380. The number of rotatable bonds is 24. The Morgan fingerprint density at radius 2 is 0.841 bits per heavy atom. The molecule has 0 unspecified atom stereocenters. The van der Waals surface area contributed by atoms with Gasteiger partial charge in [0.1, 0.15) is 66.4 Å². The fourth-order valence-corrected chi connectivity index (χ4v) is 17.1. The molecule has 18 nitrogen and oxygen atoms in total. The van der Waals surface area contributed by atoms with Crippen LogP contribution in [0.25, 0.3) is 66.9 Å². The maximum atomic E-state index is 14.9. The van der Waals surface area contributed by atoms with Gasteiger partial charge in [-0.3, -0.25) is 19.4 Å². The molecule has 0 radical (unpaired) electrons. The van der Waals surface area contributed by atoms with Crippen molar-refractivity contribution in [1.29, 1.82) is 0 Å². The number of fused-ring (bicyclic) bond motifs is 4. The molecule has 113 heavy (non-hydrogen) atoms. The van der Waals surface area contributed by atoms with E-state index in [0.717, 1.165) is 33.4 Å². The van der Waals surface area contributed by atoms with Crippen molar-refractivity contribution in [3.63, 3.8) is 0 Å². The van der Waals surface area contributed by atoms with E-state index in [2.05, 4.69) is 166 Å². The molecule has 0 atom stereocenters. The van der Waals surface area contributed by atoms with Gasteiger partial charge in [0.2, 0.25) is 0 Å². The van der Waals surface area contributed by atoms with Gasteiger partial charge < -0.3 is 28.6 Å². The van der Waals surface area contributed by atoms with E-state index >= 15 is 0 Å². The van der Waals surface area contributed by atoms with E-state index in [4.69, 9.17) is 33.9 Å². The van der Waals surface area contributed by atoms with Crippen molar-refractivity contribution in [2.45, 2.75) is 141 Å². The molecule has 0 aliphatic carbocycles. The highest BCUT2D eigenvalue weighted by atomic mass is 32.2. The molecular formula is C90H98F2N12O6SSi2. The highest BCUT2D eigenvalue weighted by molar-refractivity contribution is 7.90. The van der Waals surface area contributed by atoms with Crippen molar-refractivity contribution >= 4 is 82.4 Å². The second-order valence-electron chi connectivity index (χ2n) is 33.6. The molecule has 2 amide bonds. The van der Waals surface area contributed by atoms with Crippen molar-refractivity contribution in [2.24, 2.45) is 0 Å². The van der Waals surface area contributed by atoms with Crippen molar-refractivity contribution in [3.05, 3.63) is 299 Å². The predicted molar refractivity (Wildman–Crippen MR) is 452 cm³/mol. The number of carbonyl (C=O) groups is 2. The molecule has 14 rings (SSSR count). The molecule has 0 aliphatic rings. The summed E-state index contributed by atoms with van der Waals surface area (Å²) in [6, 6.07) is 70.0. The van der Waals surface area contributed by atoms with Gasteiger partial charge in [0.15, 0.2) is 27.9 Å². The summed E-state index contributed by atoms with van der Waals surface area (Å²) in [6.45, 7) is 30.7. The number of amides is 2. The first-order chi connectivity index (χ1) is 53.5. The summed E-state index contributed by atoms with van der Waals surface area (Å²) in [5, 5.41) is 20.1. The summed E-state index contributed by atoms with van der Waals surface area (Å²) in [5.41, 5.74) is 7.54. The maximum absolute atomic E-state index is 14.9. The summed E-state index contributed by atoms with van der Waals surface area (Å²) in [4.78, 5) is 50.1. The minimum absolute atomic E-state index is 0.0151. The molecule has 0 spiro atoms. The number of hydrogen-bond donors (Lipinski definition) is 3. The van der Waals surface area contributed by atoms with Gasteiger partial charge in [-0.2, -0.15) is 10.2 Å². The number of benzene rings is 8. The Kier molecular flexibility index (Phi) is 22.1. The molecule has 0 saturated heterocycles. The SMILES string of the molecule is CC(C)(CO[Si](C)(C)C(C)(C)C)NC(=O)c1cn(C(c2ccccc2)(c2ccccc2)c2ccccc2)c2ncc(-c3n[nH]c4cc(F)ccc34)nc12.CC(C)(CO[Si](C)(C)C(C)(C)C)NC(=O)c1cn(C(c2ccccc2)(c2ccccc2)c2ccccc2)c2ncc(-c3nn(CCCS(C)(=O)=O)c4cc(F)ccc34)nc12. The second kappa shape index (κ2) is 31.2. The van der Waals surface area contributed by atoms with Crippen molar-refractivity contribution in [2.75, 3.05) is 25.2 Å². The number of nitrogens with zero attached hydrogens (tertiary/aromatic N) is 9. The maximum Gasteiger partial charge on any atom is 0.255 e. The van der Waals surface area contributed by atoms with E-state index in [9.17, 15) is 26.8 Å². The highest BCUT2D eigenvalue weighted by Crippen LogP contribution is 2.47. The van der Waals surface area contributed by atoms with Crippen LogP contribution in [-0.2, 0) is 36.3 Å². The van der Waals surface area contributed by atoms with Gasteiger partial charge in [0, 0.05) is 36.0 Å². The smallest absolute Gasteiger partial charge is 0.255 e. The normalized spacial score (nSPS) is 12.9. The first-order valence-electron chi connectivity index (χ1n) is 38.0. The van der Waals surface area contributed by atoms with Gasteiger partial charge in [0.05, 0.1) is 64.6 Å². The minimum Gasteiger partial charge on any atom is -0.414 e. The van der Waals surface area contributed by atoms with Gasteiger partial charge in [-0.15, -0.1) is 0 Å². The Morgan fingerprint density at radius 3 is 1.20 bits per heavy atom. The standard InChI is InChI=1S/C47H53FN6O4SSi.C43H45FN6O2Si/c1-45(2,3)60(7,8)58-32-46(4,5)51-44(55)38-31-53(47(33-19-12-9-13-20-33,34-21-14-10-15-22-34)35-23-16-11-17-24-35)43-42(38)50-39(30-49-43)41-37-26-25-36(48)29-40(37)54(52-41)27-18-28-59(6,56)57;1-41(2,3)53(6,7)52-28-42(4,5)47-40(51)34-27-50(39-38(34)46-36(26-45-39)37-33-24-23-32(44)25-35(33)48-49-37)43(29-17-11-8-12-18-29,30-19-13-9-14-20-30)31-21-15-10-16-22-31/h9-17,19-26,29-31H,18,27-28,32H2,1-8H3,(H,51,55);8-27H,28H2,1-7H3,(H,47,51)(H,48,49). The van der Waals surface area contributed by atoms with E-state index < -0.39 is 54.4 Å². The zero-order valence-corrected chi connectivity index (χ0v) is 69.6. The molecule has 23 heteroatoms. The Labute approximate surface area is 661 Å². The first-order valence-corrected chi connectivity index (χ1v) is 45.9. The summed E-state index contributed by atoms with van der Waals surface area (Å²) in [5.74, 6) is -1.52. The van der Waals surface area contributed by atoms with Gasteiger partial charge in [-0.1, -0.05) is 224 Å². The number of sulfone groups is 1. The lowest BCUT2D eigenvalue weighted by molar-refractivity contribution is 0.0867. The van der Waals surface area contributed by atoms with Crippen molar-refractivity contribution in [3.8, 4) is 22.8 Å². The van der Waals surface area contributed by atoms with Crippen LogP contribution in [0.1, 0.15) is 130 Å². The number of carbonyl (C=O) groups excluding carboxylic acids is 2. The molecule has 0 fully saturated rings. The molecular weight excluding hydrogens is 1470 g/mol. The number of aromatic amines is 1. The zero-order valence-electron chi connectivity index (χ0n) is 66.8. The Hall–Kier alpha value is -11.0. The van der Waals surface area contributed by atoms with Crippen LogP contribution in [-0.4, -0.2) is 122 Å². The Bertz CT molecular complexity index is 5690. The van der Waals surface area contributed by atoms with E-state index in [-0.39, 0.29) is 40.0 Å². The van der Waals surface area contributed by atoms with Crippen molar-refractivity contribution < 1.29 is 35.6 Å². The number of H-pyrrole nitrogens is 1. The summed E-state index contributed by atoms with van der Waals surface area (Å²) < 4.78 is 71.7. The van der Waals surface area contributed by atoms with Crippen LogP contribution < -0.4 is 10.6 Å². The van der Waals surface area contributed by atoms with Crippen LogP contribution in [0.2, 0.25) is 36.3 Å². The van der Waals surface area contributed by atoms with Crippen LogP contribution >= 0.6 is 0 Å². The van der Waals surface area contributed by atoms with Crippen LogP contribution in [0.4, 0.5) is 8.78 Å². The lowest BCUT2D eigenvalue weighted by Crippen LogP contribution is -2.51. The third kappa shape index (κ3) is 16.2. The number of aryl methyl sites for hydroxylation is 1. The largest absolute Gasteiger partial charge is 0.414 e. The topological polar surface area (TPSA) is 219 Å². The molecule has 8 aromatic carbocycles. The van der Waals surface area contributed by atoms with Gasteiger partial charge in [-0.25, -0.2) is 37.1 Å². The fourth-order valence-electron chi connectivity index (χ4n) is 14.1. The van der Waals surface area contributed by atoms with Crippen LogP contribution in [0.15, 0.2) is 243 Å². The van der Waals surface area contributed by atoms with Gasteiger partial charge >= 0.3 is 0 Å². The fraction of sp³-hybridized carbons (Fsp3) is 0.289. The van der Waals surface area contributed by atoms with Crippen LogP contribution in [0.3, 0.4) is 0 Å². The summed E-state index contributed by atoms with van der Waals surface area (Å²) in [6.07, 6.45) is 8.50. The molecule has 14 aromatic rings. The average Bonchev–Trinajstić information content (AvgIpc) is 1.62. The molecule has 0 aliphatic heterocycles. The zero-order chi connectivity index (χ0) is 80.7. The number of halogens is 2. The van der Waals surface area contributed by atoms with E-state index in [0.29, 0.717) is 97.7 Å².